The molecule has 0 spiro atoms. The van der Waals surface area contributed by atoms with E-state index in [1.54, 1.807) is 48.5 Å². The van der Waals surface area contributed by atoms with Crippen LogP contribution in [0.25, 0.3) is 77.0 Å². The zero-order valence-electron chi connectivity index (χ0n) is 59.3. The number of aromatic nitrogens is 8. The Morgan fingerprint density at radius 2 is 0.876 bits per heavy atom. The van der Waals surface area contributed by atoms with E-state index in [4.69, 9.17) is 19.7 Å². The Bertz CT molecular complexity index is 6090. The molecule has 15 aromatic rings. The Hall–Kier alpha value is -13.3. The molecule has 0 saturated carbocycles. The molecule has 2 aliphatic rings. The van der Waals surface area contributed by atoms with Crippen LogP contribution in [0.15, 0.2) is 235 Å². The van der Waals surface area contributed by atoms with Crippen LogP contribution >= 0.6 is 0 Å². The fourth-order valence-electron chi connectivity index (χ4n) is 14.3. The molecule has 8 heterocycles. The van der Waals surface area contributed by atoms with E-state index < -0.39 is 29.9 Å². The van der Waals surface area contributed by atoms with Crippen LogP contribution in [0.1, 0.15) is 104 Å². The highest BCUT2D eigenvalue weighted by Crippen LogP contribution is 2.36. The van der Waals surface area contributed by atoms with Crippen LogP contribution in [-0.2, 0) is 71.3 Å². The minimum Gasteiger partial charge on any atom is -0.481 e. The summed E-state index contributed by atoms with van der Waals surface area (Å²) in [7, 11) is 9.37. The van der Waals surface area contributed by atoms with E-state index in [-0.39, 0.29) is 23.5 Å². The van der Waals surface area contributed by atoms with Crippen molar-refractivity contribution in [1.82, 2.24) is 38.2 Å². The van der Waals surface area contributed by atoms with Gasteiger partial charge in [-0.1, -0.05) is 146 Å². The van der Waals surface area contributed by atoms with Gasteiger partial charge in [0.2, 0.25) is 0 Å². The number of carboxylic acid groups (broad SMARTS) is 1. The maximum atomic E-state index is 13.5. The molecule has 1 unspecified atom stereocenters. The van der Waals surface area contributed by atoms with Gasteiger partial charge >= 0.3 is 29.8 Å². The van der Waals surface area contributed by atoms with Crippen LogP contribution in [0.3, 0.4) is 0 Å². The summed E-state index contributed by atoms with van der Waals surface area (Å²) in [6.07, 6.45) is 11.5. The Kier molecular flexibility index (Phi) is 19.9. The van der Waals surface area contributed by atoms with Crippen LogP contribution in [0.5, 0.6) is 0 Å². The lowest BCUT2D eigenvalue weighted by atomic mass is 10.0. The monoisotopic (exact) mass is 1390 g/mol. The van der Waals surface area contributed by atoms with Gasteiger partial charge in [-0.15, -0.1) is 0 Å². The molecular weight excluding hydrogens is 1320 g/mol. The number of cyclic esters (lactones) is 3. The molecule has 19 nitrogen and oxygen atoms in total. The summed E-state index contributed by atoms with van der Waals surface area (Å²) in [6, 6.07) is 62.1. The second kappa shape index (κ2) is 29.7. The summed E-state index contributed by atoms with van der Waals surface area (Å²) in [6.45, 7) is 8.33. The lowest BCUT2D eigenvalue weighted by Crippen LogP contribution is -2.34. The SMILES string of the molecule is COC(=O)C(c1ccccc1)n1nc(Cc2cn(C)c3cccc(C)c23)c2ccccc2c1=O.Cc1cccc2c1c(/C=C1\OC(=O)c3ccccc31)cn2C.Cc1cccc2c1c(CC(=O)O)cn2C.Cc1cccc2c1c(Cc1n[nH]c(=O)c3ccccc13)cn2C.O=C1OC(=O)c2ccccc21. The summed E-state index contributed by atoms with van der Waals surface area (Å²) >= 11 is 0. The minimum absolute atomic E-state index is 0.0855. The number of nitrogens with one attached hydrogen (secondary N) is 1. The number of hydrogen-bond acceptors (Lipinski definition) is 12. The Morgan fingerprint density at radius 3 is 1.40 bits per heavy atom. The number of aliphatic carboxylic acids is 1. The smallest absolute Gasteiger partial charge is 0.346 e. The first-order valence-corrected chi connectivity index (χ1v) is 34.0. The molecule has 19 heteroatoms. The van der Waals surface area contributed by atoms with Gasteiger partial charge in [-0.05, 0) is 133 Å². The Balaban J connectivity index is 0.000000122. The number of benzene rings is 9. The number of carboxylic acids is 1. The zero-order chi connectivity index (χ0) is 73.9. The van der Waals surface area contributed by atoms with E-state index in [9.17, 15) is 33.6 Å². The molecule has 0 aliphatic carbocycles. The number of esters is 4. The number of carbonyl (C=O) groups excluding carboxylic acids is 4. The van der Waals surface area contributed by atoms with Crippen molar-refractivity contribution in [2.75, 3.05) is 7.11 Å². The second-order valence-electron chi connectivity index (χ2n) is 26.1. The van der Waals surface area contributed by atoms with Crippen molar-refractivity contribution in [2.45, 2.75) is 53.0 Å². The molecule has 524 valence electrons. The number of aryl methyl sites for hydroxylation is 8. The third-order valence-corrected chi connectivity index (χ3v) is 19.1. The molecule has 6 aromatic heterocycles. The largest absolute Gasteiger partial charge is 0.481 e. The maximum absolute atomic E-state index is 13.5. The summed E-state index contributed by atoms with van der Waals surface area (Å²) in [5.74, 6) is -2.08. The predicted molar refractivity (Wildman–Crippen MR) is 408 cm³/mol. The molecule has 17 rings (SSSR count). The number of methoxy groups -OCH3 is 1. The molecule has 9 aromatic carbocycles. The molecule has 105 heavy (non-hydrogen) atoms. The highest BCUT2D eigenvalue weighted by molar-refractivity contribution is 6.14. The molecule has 0 fully saturated rings. The molecule has 0 amide bonds. The van der Waals surface area contributed by atoms with Gasteiger partial charge in [-0.2, -0.15) is 10.2 Å². The van der Waals surface area contributed by atoms with Crippen LogP contribution in [-0.4, -0.2) is 80.3 Å². The van der Waals surface area contributed by atoms with E-state index in [0.717, 1.165) is 66.4 Å². The summed E-state index contributed by atoms with van der Waals surface area (Å²) in [5, 5.41) is 28.1. The van der Waals surface area contributed by atoms with Crippen molar-refractivity contribution < 1.29 is 43.3 Å². The van der Waals surface area contributed by atoms with Gasteiger partial charge in [0.05, 0.1) is 52.4 Å². The number of ether oxygens (including phenoxy) is 3. The third kappa shape index (κ3) is 14.0. The van der Waals surface area contributed by atoms with Crippen LogP contribution in [0.4, 0.5) is 0 Å². The maximum Gasteiger partial charge on any atom is 0.346 e. The van der Waals surface area contributed by atoms with E-state index in [0.29, 0.717) is 51.6 Å². The third-order valence-electron chi connectivity index (χ3n) is 19.1. The molecule has 0 radical (unpaired) electrons. The van der Waals surface area contributed by atoms with E-state index in [2.05, 4.69) is 130 Å². The molecular formula is C86H74N8O11. The number of aromatic amines is 1. The van der Waals surface area contributed by atoms with Gasteiger partial charge in [-0.3, -0.25) is 14.4 Å². The average molecular weight is 1400 g/mol. The van der Waals surface area contributed by atoms with E-state index in [1.165, 1.54) is 61.2 Å². The molecule has 0 saturated heterocycles. The van der Waals surface area contributed by atoms with Gasteiger partial charge in [0.15, 0.2) is 6.04 Å². The number of carbonyl (C=O) groups is 5. The first-order valence-electron chi connectivity index (χ1n) is 34.0. The zero-order valence-corrected chi connectivity index (χ0v) is 59.3. The van der Waals surface area contributed by atoms with E-state index >= 15 is 0 Å². The molecule has 2 N–H and O–H groups in total. The van der Waals surface area contributed by atoms with Crippen molar-refractivity contribution in [3.8, 4) is 0 Å². The Labute approximate surface area is 603 Å². The van der Waals surface area contributed by atoms with Gasteiger partial charge in [-0.25, -0.2) is 29.0 Å². The molecule has 0 bridgehead atoms. The van der Waals surface area contributed by atoms with Crippen molar-refractivity contribution in [2.24, 2.45) is 28.2 Å². The topological polar surface area (TPSA) is 234 Å². The molecule has 2 aliphatic heterocycles. The Morgan fingerprint density at radius 1 is 0.467 bits per heavy atom. The average Bonchev–Trinajstić information content (AvgIpc) is 1.73. The highest BCUT2D eigenvalue weighted by Gasteiger charge is 2.30. The fraction of sp³-hybridized carbons (Fsp3) is 0.151. The van der Waals surface area contributed by atoms with Crippen molar-refractivity contribution in [3.05, 3.63) is 329 Å². The highest BCUT2D eigenvalue weighted by atomic mass is 16.6. The van der Waals surface area contributed by atoms with Gasteiger partial charge in [0, 0.05) is 131 Å². The predicted octanol–water partition coefficient (Wildman–Crippen LogP) is 15.1. The van der Waals surface area contributed by atoms with E-state index in [1.807, 2.05) is 142 Å². The summed E-state index contributed by atoms with van der Waals surface area (Å²) in [4.78, 5) is 82.7. The number of nitrogens with zero attached hydrogens (tertiary/aromatic N) is 7. The van der Waals surface area contributed by atoms with Crippen molar-refractivity contribution in [1.29, 1.82) is 0 Å². The number of fused-ring (bicyclic) bond motifs is 8. The molecule has 1 atom stereocenters. The van der Waals surface area contributed by atoms with Gasteiger partial charge in [0.25, 0.3) is 11.1 Å². The van der Waals surface area contributed by atoms with Crippen molar-refractivity contribution in [3.63, 3.8) is 0 Å². The fourth-order valence-corrected chi connectivity index (χ4v) is 14.3. The quantitative estimate of drug-likeness (QED) is 0.0737. The van der Waals surface area contributed by atoms with Crippen LogP contribution < -0.4 is 11.1 Å². The van der Waals surface area contributed by atoms with Gasteiger partial charge in [0.1, 0.15) is 5.76 Å². The second-order valence-corrected chi connectivity index (χ2v) is 26.1. The lowest BCUT2D eigenvalue weighted by Gasteiger charge is -2.19. The first kappa shape index (κ1) is 70.2. The minimum atomic E-state index is -0.976. The number of H-pyrrole nitrogens is 1. The number of hydrogen-bond donors (Lipinski definition) is 2. The first-order chi connectivity index (χ1) is 50.7. The summed E-state index contributed by atoms with van der Waals surface area (Å²) < 4.78 is 24.5. The van der Waals surface area contributed by atoms with Crippen LogP contribution in [0.2, 0.25) is 0 Å². The normalized spacial score (nSPS) is 12.7. The summed E-state index contributed by atoms with van der Waals surface area (Å²) in [5.41, 5.74) is 17.7. The standard InChI is InChI=1S/C28H25N3O3.C19H17N3O.C19H15NO2.C12H13NO2.C8H4O3/c1-18-10-9-15-24-25(18)20(17-30(24)2)16-23-21-13-7-8-14-22(21)27(32)31(29-23)26(28(33)34-3)19-11-5-4-6-12-19;1-12-6-5-9-17-18(12)13(11-22(17)2)10-16-14-7-3-4-8-15(14)19(23)21-20-16;1-12-6-5-9-16-18(12)13(11-20(16)2)10-17-14-7-3-4-8-15(14)19(21)22-17;1-8-4-3-5-10-12(8)9(6-11(14)15)7-13(10)2;9-7-5-3-1-2-4-6(5)8(10)11-7/h4-15,17,26H,16H2,1-3H3;3-9,11H,10H2,1-2H3,(H,21,23);3-11H,1-2H3;3-5,7H,6H2,1-2H3,(H,14,15);1-4H/b;;17-10-;;. The number of rotatable bonds is 10. The van der Waals surface area contributed by atoms with Gasteiger partial charge < -0.3 is 37.6 Å². The van der Waals surface area contributed by atoms with Crippen molar-refractivity contribution >= 4 is 107 Å². The van der Waals surface area contributed by atoms with Crippen LogP contribution in [0, 0.1) is 27.7 Å². The lowest BCUT2D eigenvalue weighted by molar-refractivity contribution is -0.143.